The van der Waals surface area contributed by atoms with Gasteiger partial charge in [0.15, 0.2) is 0 Å². The maximum atomic E-state index is 13.7. The van der Waals surface area contributed by atoms with E-state index in [1.165, 1.54) is 4.90 Å². The van der Waals surface area contributed by atoms with Gasteiger partial charge in [0.1, 0.15) is 35.2 Å². The lowest BCUT2D eigenvalue weighted by atomic mass is 9.85. The Labute approximate surface area is 229 Å². The number of hydrogen-bond acceptors (Lipinski definition) is 8. The van der Waals surface area contributed by atoms with Crippen molar-refractivity contribution in [2.45, 2.75) is 91.5 Å². The summed E-state index contributed by atoms with van der Waals surface area (Å²) in [5, 5.41) is 12.6. The fraction of sp³-hybridized carbons (Fsp3) is 0.607. The average Bonchev–Trinajstić information content (AvgIpc) is 3.23. The van der Waals surface area contributed by atoms with Crippen LogP contribution in [-0.4, -0.2) is 75.4 Å². The van der Waals surface area contributed by atoms with Gasteiger partial charge in [-0.25, -0.2) is 19.6 Å². The Kier molecular flexibility index (Phi) is 8.62. The lowest BCUT2D eigenvalue weighted by Gasteiger charge is -2.35. The highest BCUT2D eigenvalue weighted by Gasteiger charge is 2.46. The van der Waals surface area contributed by atoms with Crippen molar-refractivity contribution in [2.75, 3.05) is 13.7 Å². The molecule has 3 atom stereocenters. The quantitative estimate of drug-likeness (QED) is 0.526. The van der Waals surface area contributed by atoms with Crippen LogP contribution in [0.25, 0.3) is 11.0 Å². The van der Waals surface area contributed by atoms with Crippen molar-refractivity contribution in [2.24, 2.45) is 5.41 Å². The van der Waals surface area contributed by atoms with E-state index in [9.17, 15) is 19.5 Å². The van der Waals surface area contributed by atoms with Crippen molar-refractivity contribution in [3.63, 3.8) is 0 Å². The first-order valence-corrected chi connectivity index (χ1v) is 13.0. The van der Waals surface area contributed by atoms with E-state index in [0.29, 0.717) is 22.5 Å². The molecule has 214 valence electrons. The Hall–Kier alpha value is -3.63. The van der Waals surface area contributed by atoms with Crippen molar-refractivity contribution in [1.82, 2.24) is 20.2 Å². The third-order valence-corrected chi connectivity index (χ3v) is 6.29. The second-order valence-electron chi connectivity index (χ2n) is 12.2. The SMILES string of the molecule is COc1ccc2nc(C(C)C)c(O[C@@H]3C[C@@H](C(=O)O)N(C(=O)C(NC(=O)OC(C)(C)C)C(C)(C)C)C3)nc2c1. The number of aromatic nitrogens is 2. The largest absolute Gasteiger partial charge is 0.497 e. The van der Waals surface area contributed by atoms with Gasteiger partial charge in [0.25, 0.3) is 0 Å². The van der Waals surface area contributed by atoms with Crippen LogP contribution in [0.2, 0.25) is 0 Å². The number of carbonyl (C=O) groups excluding carboxylic acids is 2. The first kappa shape index (κ1) is 29.9. The molecule has 2 aromatic rings. The van der Waals surface area contributed by atoms with Crippen LogP contribution in [-0.2, 0) is 14.3 Å². The molecule has 3 rings (SSSR count). The minimum Gasteiger partial charge on any atom is -0.497 e. The average molecular weight is 545 g/mol. The summed E-state index contributed by atoms with van der Waals surface area (Å²) in [5.41, 5.74) is 0.404. The predicted molar refractivity (Wildman–Crippen MR) is 145 cm³/mol. The van der Waals surface area contributed by atoms with Gasteiger partial charge in [-0.15, -0.1) is 0 Å². The van der Waals surface area contributed by atoms with Crippen molar-refractivity contribution in [3.8, 4) is 11.6 Å². The maximum Gasteiger partial charge on any atom is 0.408 e. The lowest BCUT2D eigenvalue weighted by Crippen LogP contribution is -2.57. The molecule has 1 aliphatic heterocycles. The fourth-order valence-corrected chi connectivity index (χ4v) is 4.38. The molecule has 0 bridgehead atoms. The number of carboxylic acid groups (broad SMARTS) is 1. The highest BCUT2D eigenvalue weighted by Crippen LogP contribution is 2.32. The van der Waals surface area contributed by atoms with Gasteiger partial charge < -0.3 is 29.5 Å². The van der Waals surface area contributed by atoms with Gasteiger partial charge in [-0.2, -0.15) is 0 Å². The molecule has 39 heavy (non-hydrogen) atoms. The van der Waals surface area contributed by atoms with E-state index in [4.69, 9.17) is 19.2 Å². The zero-order chi connectivity index (χ0) is 29.3. The summed E-state index contributed by atoms with van der Waals surface area (Å²) in [6.45, 7) is 14.5. The number of carbonyl (C=O) groups is 3. The van der Waals surface area contributed by atoms with Gasteiger partial charge in [-0.05, 0) is 38.3 Å². The number of ether oxygens (including phenoxy) is 3. The summed E-state index contributed by atoms with van der Waals surface area (Å²) in [7, 11) is 1.56. The summed E-state index contributed by atoms with van der Waals surface area (Å²) in [6.07, 6.45) is -1.34. The minimum atomic E-state index is -1.15. The topological polar surface area (TPSA) is 140 Å². The van der Waals surface area contributed by atoms with Crippen LogP contribution in [0, 0.1) is 5.41 Å². The number of nitrogens with zero attached hydrogens (tertiary/aromatic N) is 3. The lowest BCUT2D eigenvalue weighted by molar-refractivity contribution is -0.150. The maximum absolute atomic E-state index is 13.7. The molecule has 0 saturated carbocycles. The number of rotatable bonds is 7. The molecule has 1 aromatic carbocycles. The highest BCUT2D eigenvalue weighted by molar-refractivity contribution is 5.90. The van der Waals surface area contributed by atoms with E-state index in [0.717, 1.165) is 0 Å². The molecule has 1 unspecified atom stereocenters. The van der Waals surface area contributed by atoms with Gasteiger partial charge in [0.05, 0.1) is 24.7 Å². The molecule has 11 heteroatoms. The Balaban J connectivity index is 1.90. The zero-order valence-corrected chi connectivity index (χ0v) is 24.2. The van der Waals surface area contributed by atoms with Gasteiger partial charge in [-0.1, -0.05) is 34.6 Å². The second-order valence-corrected chi connectivity index (χ2v) is 12.2. The number of nitrogens with one attached hydrogen (secondary N) is 1. The van der Waals surface area contributed by atoms with Crippen LogP contribution in [0.3, 0.4) is 0 Å². The van der Waals surface area contributed by atoms with Crippen molar-refractivity contribution < 1.29 is 33.7 Å². The Bertz CT molecular complexity index is 1230. The third kappa shape index (κ3) is 7.27. The van der Waals surface area contributed by atoms with Crippen molar-refractivity contribution in [3.05, 3.63) is 23.9 Å². The zero-order valence-electron chi connectivity index (χ0n) is 24.2. The van der Waals surface area contributed by atoms with Crippen molar-refractivity contribution >= 4 is 29.0 Å². The summed E-state index contributed by atoms with van der Waals surface area (Å²) in [5.74, 6) is -0.789. The number of alkyl carbamates (subject to hydrolysis) is 1. The molecular weight excluding hydrogens is 504 g/mol. The van der Waals surface area contributed by atoms with Gasteiger partial charge in [0.2, 0.25) is 11.8 Å². The number of amides is 2. The molecule has 1 aromatic heterocycles. The van der Waals surface area contributed by atoms with Crippen LogP contribution in [0.5, 0.6) is 11.6 Å². The molecule has 0 radical (unpaired) electrons. The second kappa shape index (κ2) is 11.2. The first-order chi connectivity index (χ1) is 18.0. The van der Waals surface area contributed by atoms with Gasteiger partial charge in [-0.3, -0.25) is 4.79 Å². The number of aliphatic carboxylic acids is 1. The fourth-order valence-electron chi connectivity index (χ4n) is 4.38. The van der Waals surface area contributed by atoms with Gasteiger partial charge >= 0.3 is 12.1 Å². The number of hydrogen-bond donors (Lipinski definition) is 2. The predicted octanol–water partition coefficient (Wildman–Crippen LogP) is 4.13. The molecule has 11 nitrogen and oxygen atoms in total. The minimum absolute atomic E-state index is 0.00768. The van der Waals surface area contributed by atoms with E-state index in [2.05, 4.69) is 10.3 Å². The number of likely N-dealkylation sites (tertiary alicyclic amines) is 1. The summed E-state index contributed by atoms with van der Waals surface area (Å²) < 4.78 is 16.9. The molecular formula is C28H40N4O7. The van der Waals surface area contributed by atoms with E-state index < -0.39 is 47.2 Å². The molecule has 0 spiro atoms. The molecule has 2 heterocycles. The van der Waals surface area contributed by atoms with Crippen LogP contribution in [0.4, 0.5) is 4.79 Å². The molecule has 1 aliphatic rings. The van der Waals surface area contributed by atoms with E-state index in [-0.39, 0.29) is 24.8 Å². The Morgan fingerprint density at radius 2 is 1.74 bits per heavy atom. The molecule has 1 fully saturated rings. The normalized spacial score (nSPS) is 18.7. The smallest absolute Gasteiger partial charge is 0.408 e. The molecule has 2 amide bonds. The summed E-state index contributed by atoms with van der Waals surface area (Å²) in [4.78, 5) is 49.1. The Morgan fingerprint density at radius 3 is 2.28 bits per heavy atom. The first-order valence-electron chi connectivity index (χ1n) is 13.0. The van der Waals surface area contributed by atoms with Crippen LogP contribution in [0.15, 0.2) is 18.2 Å². The van der Waals surface area contributed by atoms with Gasteiger partial charge in [0, 0.05) is 18.4 Å². The monoisotopic (exact) mass is 544 g/mol. The number of fused-ring (bicyclic) bond motifs is 1. The van der Waals surface area contributed by atoms with E-state index in [1.807, 2.05) is 19.9 Å². The summed E-state index contributed by atoms with van der Waals surface area (Å²) >= 11 is 0. The van der Waals surface area contributed by atoms with Crippen LogP contribution < -0.4 is 14.8 Å². The van der Waals surface area contributed by atoms with E-state index in [1.54, 1.807) is 60.8 Å². The number of benzene rings is 1. The standard InChI is InChI=1S/C28H40N4O7/c1-15(2)21-23(30-19-12-16(37-9)10-11-18(19)29-21)38-17-13-20(25(34)35)32(14-17)24(33)22(27(3,4)5)31-26(36)39-28(6,7)8/h10-12,15,17,20,22H,13-14H2,1-9H3,(H,31,36)(H,34,35)/t17-,20+,22?/m1/s1. The molecule has 2 N–H and O–H groups in total. The van der Waals surface area contributed by atoms with Crippen molar-refractivity contribution in [1.29, 1.82) is 0 Å². The summed E-state index contributed by atoms with van der Waals surface area (Å²) in [6, 6.07) is 3.21. The highest BCUT2D eigenvalue weighted by atomic mass is 16.6. The number of methoxy groups -OCH3 is 1. The van der Waals surface area contributed by atoms with E-state index >= 15 is 0 Å². The molecule has 1 saturated heterocycles. The Morgan fingerprint density at radius 1 is 1.08 bits per heavy atom. The third-order valence-electron chi connectivity index (χ3n) is 6.29. The van der Waals surface area contributed by atoms with Crippen LogP contribution >= 0.6 is 0 Å². The molecule has 0 aliphatic carbocycles. The van der Waals surface area contributed by atoms with Crippen LogP contribution in [0.1, 0.15) is 73.4 Å². The number of carboxylic acids is 1.